The molecule has 0 saturated carbocycles. The van der Waals surface area contributed by atoms with Gasteiger partial charge in [0, 0.05) is 35.6 Å². The number of hydrogen-bond donors (Lipinski definition) is 2. The van der Waals surface area contributed by atoms with Crippen LogP contribution in [0.5, 0.6) is 0 Å². The quantitative estimate of drug-likeness (QED) is 0.841. The minimum atomic E-state index is -0.495. The van der Waals surface area contributed by atoms with E-state index in [0.29, 0.717) is 23.6 Å². The van der Waals surface area contributed by atoms with Crippen LogP contribution in [-0.4, -0.2) is 18.5 Å². The fourth-order valence-electron chi connectivity index (χ4n) is 2.10. The van der Waals surface area contributed by atoms with E-state index < -0.39 is 5.82 Å². The smallest absolute Gasteiger partial charge is 0.221 e. The lowest BCUT2D eigenvalue weighted by molar-refractivity contribution is -0.119. The van der Waals surface area contributed by atoms with Gasteiger partial charge in [0.2, 0.25) is 5.91 Å². The molecule has 2 unspecified atom stereocenters. The Morgan fingerprint density at radius 1 is 1.50 bits per heavy atom. The maximum Gasteiger partial charge on any atom is 0.221 e. The van der Waals surface area contributed by atoms with E-state index in [2.05, 4.69) is 10.6 Å². The van der Waals surface area contributed by atoms with E-state index in [1.165, 1.54) is 12.1 Å². The van der Waals surface area contributed by atoms with E-state index >= 15 is 0 Å². The Balaban J connectivity index is 2.16. The van der Waals surface area contributed by atoms with E-state index in [1.807, 2.05) is 6.92 Å². The molecule has 2 atom stereocenters. The van der Waals surface area contributed by atoms with Crippen molar-refractivity contribution in [1.29, 1.82) is 0 Å². The molecule has 2 N–H and O–H groups in total. The predicted octanol–water partition coefficient (Wildman–Crippen LogP) is 2.67. The molecule has 1 aromatic carbocycles. The molecular weight excluding hydrogens is 278 g/mol. The molecule has 1 fully saturated rings. The molecule has 1 heterocycles. The predicted molar refractivity (Wildman–Crippen MR) is 69.4 cm³/mol. The molecule has 2 rings (SSSR count). The summed E-state index contributed by atoms with van der Waals surface area (Å²) in [6.45, 7) is 2.41. The lowest BCUT2D eigenvalue weighted by Crippen LogP contribution is -2.33. The summed E-state index contributed by atoms with van der Waals surface area (Å²) in [6.07, 6.45) is 0.412. The van der Waals surface area contributed by atoms with E-state index in [1.54, 1.807) is 0 Å². The van der Waals surface area contributed by atoms with Gasteiger partial charge in [-0.15, -0.1) is 0 Å². The largest absolute Gasteiger partial charge is 0.354 e. The van der Waals surface area contributed by atoms with Gasteiger partial charge in [0.05, 0.1) is 5.02 Å². The first-order chi connectivity index (χ1) is 8.49. The lowest BCUT2D eigenvalue weighted by Gasteiger charge is -2.20. The van der Waals surface area contributed by atoms with Crippen LogP contribution in [0.2, 0.25) is 10.0 Å². The highest BCUT2D eigenvalue weighted by atomic mass is 35.5. The zero-order chi connectivity index (χ0) is 13.3. The molecule has 1 amide bonds. The van der Waals surface area contributed by atoms with Crippen molar-refractivity contribution in [3.8, 4) is 0 Å². The highest BCUT2D eigenvalue weighted by Gasteiger charge is 2.25. The summed E-state index contributed by atoms with van der Waals surface area (Å²) in [5.74, 6) is -0.485. The van der Waals surface area contributed by atoms with Crippen molar-refractivity contribution in [2.75, 3.05) is 6.54 Å². The van der Waals surface area contributed by atoms with Gasteiger partial charge in [-0.25, -0.2) is 4.39 Å². The number of rotatable bonds is 3. The summed E-state index contributed by atoms with van der Waals surface area (Å²) in [6, 6.07) is 2.51. The fraction of sp³-hybridized carbons (Fsp3) is 0.417. The minimum absolute atomic E-state index is 0.0103. The van der Waals surface area contributed by atoms with Crippen LogP contribution in [0.3, 0.4) is 0 Å². The molecule has 6 heteroatoms. The molecule has 1 aliphatic rings. The van der Waals surface area contributed by atoms with Gasteiger partial charge in [0.15, 0.2) is 0 Å². The normalized spacial score (nSPS) is 20.9. The summed E-state index contributed by atoms with van der Waals surface area (Å²) >= 11 is 12.0. The average Bonchev–Trinajstić information content (AvgIpc) is 2.70. The topological polar surface area (TPSA) is 41.1 Å². The fourth-order valence-corrected chi connectivity index (χ4v) is 2.80. The van der Waals surface area contributed by atoms with E-state index in [-0.39, 0.29) is 23.0 Å². The van der Waals surface area contributed by atoms with Gasteiger partial charge in [-0.2, -0.15) is 0 Å². The minimum Gasteiger partial charge on any atom is -0.354 e. The van der Waals surface area contributed by atoms with Gasteiger partial charge >= 0.3 is 0 Å². The molecule has 1 saturated heterocycles. The van der Waals surface area contributed by atoms with Crippen LogP contribution >= 0.6 is 23.2 Å². The molecule has 1 aliphatic heterocycles. The van der Waals surface area contributed by atoms with Gasteiger partial charge in [-0.1, -0.05) is 23.2 Å². The van der Waals surface area contributed by atoms with Gasteiger partial charge < -0.3 is 10.6 Å². The Morgan fingerprint density at radius 3 is 2.83 bits per heavy atom. The van der Waals surface area contributed by atoms with Gasteiger partial charge in [-0.3, -0.25) is 4.79 Å². The van der Waals surface area contributed by atoms with Crippen molar-refractivity contribution in [2.24, 2.45) is 0 Å². The van der Waals surface area contributed by atoms with Crippen LogP contribution in [0, 0.1) is 5.82 Å². The highest BCUT2D eigenvalue weighted by Crippen LogP contribution is 2.32. The maximum absolute atomic E-state index is 13.4. The van der Waals surface area contributed by atoms with Crippen LogP contribution in [0.1, 0.15) is 24.9 Å². The molecule has 0 aromatic heterocycles. The van der Waals surface area contributed by atoms with E-state index in [4.69, 9.17) is 23.2 Å². The Labute approximate surface area is 115 Å². The highest BCUT2D eigenvalue weighted by molar-refractivity contribution is 6.36. The van der Waals surface area contributed by atoms with Gasteiger partial charge in [0.25, 0.3) is 0 Å². The first-order valence-corrected chi connectivity index (χ1v) is 6.40. The van der Waals surface area contributed by atoms with Crippen molar-refractivity contribution < 1.29 is 9.18 Å². The Kier molecular flexibility index (Phi) is 4.10. The monoisotopic (exact) mass is 290 g/mol. The molecule has 3 nitrogen and oxygen atoms in total. The van der Waals surface area contributed by atoms with Crippen molar-refractivity contribution in [3.63, 3.8) is 0 Å². The van der Waals surface area contributed by atoms with Crippen molar-refractivity contribution in [2.45, 2.75) is 25.4 Å². The van der Waals surface area contributed by atoms with Crippen LogP contribution in [-0.2, 0) is 4.79 Å². The van der Waals surface area contributed by atoms with Gasteiger partial charge in [-0.05, 0) is 19.1 Å². The van der Waals surface area contributed by atoms with Crippen LogP contribution in [0.25, 0.3) is 0 Å². The SMILES string of the molecule is CC(NC1CNC(=O)C1)c1c(Cl)ccc(F)c1Cl. The summed E-state index contributed by atoms with van der Waals surface area (Å²) in [5, 5.41) is 6.38. The summed E-state index contributed by atoms with van der Waals surface area (Å²) in [5.41, 5.74) is 0.526. The molecule has 0 spiro atoms. The second-order valence-electron chi connectivity index (χ2n) is 4.35. The number of carbonyl (C=O) groups excluding carboxylic acids is 1. The maximum atomic E-state index is 13.4. The van der Waals surface area contributed by atoms with Crippen molar-refractivity contribution >= 4 is 29.1 Å². The standard InChI is InChI=1S/C12H13Cl2FN2O/c1-6(17-7-4-10(18)16-5-7)11-8(13)2-3-9(15)12(11)14/h2-3,6-7,17H,4-5H2,1H3,(H,16,18). The van der Waals surface area contributed by atoms with Crippen LogP contribution < -0.4 is 10.6 Å². The van der Waals surface area contributed by atoms with Crippen molar-refractivity contribution in [3.05, 3.63) is 33.6 Å². The first kappa shape index (κ1) is 13.6. The second kappa shape index (κ2) is 5.43. The molecule has 0 radical (unpaired) electrons. The second-order valence-corrected chi connectivity index (χ2v) is 5.14. The zero-order valence-electron chi connectivity index (χ0n) is 9.77. The average molecular weight is 291 g/mol. The summed E-state index contributed by atoms with van der Waals surface area (Å²) < 4.78 is 13.4. The number of halogens is 3. The zero-order valence-corrected chi connectivity index (χ0v) is 11.3. The van der Waals surface area contributed by atoms with Gasteiger partial charge in [0.1, 0.15) is 5.82 Å². The third kappa shape index (κ3) is 2.76. The first-order valence-electron chi connectivity index (χ1n) is 5.65. The molecule has 0 aliphatic carbocycles. The number of nitrogens with one attached hydrogen (secondary N) is 2. The van der Waals surface area contributed by atoms with E-state index in [9.17, 15) is 9.18 Å². The van der Waals surface area contributed by atoms with E-state index in [0.717, 1.165) is 0 Å². The molecule has 1 aromatic rings. The summed E-state index contributed by atoms with van der Waals surface area (Å²) in [7, 11) is 0. The van der Waals surface area contributed by atoms with Crippen molar-refractivity contribution in [1.82, 2.24) is 10.6 Å². The lowest BCUT2D eigenvalue weighted by atomic mass is 10.1. The number of amides is 1. The Morgan fingerprint density at radius 2 is 2.22 bits per heavy atom. The third-order valence-electron chi connectivity index (χ3n) is 2.98. The summed E-state index contributed by atoms with van der Waals surface area (Å²) in [4.78, 5) is 11.1. The third-order valence-corrected chi connectivity index (χ3v) is 3.69. The number of hydrogen-bond acceptors (Lipinski definition) is 2. The Hall–Kier alpha value is -0.840. The molecule has 98 valence electrons. The molecule has 18 heavy (non-hydrogen) atoms. The number of carbonyl (C=O) groups is 1. The Bertz CT molecular complexity index is 481. The molecular formula is C12H13Cl2FN2O. The molecule has 0 bridgehead atoms. The van der Waals surface area contributed by atoms with Crippen LogP contribution in [0.4, 0.5) is 4.39 Å². The van der Waals surface area contributed by atoms with Crippen LogP contribution in [0.15, 0.2) is 12.1 Å². The number of benzene rings is 1.